The average Bonchev–Trinajstić information content (AvgIpc) is 3.23. The Morgan fingerprint density at radius 1 is 1.02 bits per heavy atom. The predicted octanol–water partition coefficient (Wildman–Crippen LogP) is 9.65. The molecule has 2 rings (SSSR count). The van der Waals surface area contributed by atoms with Crippen LogP contribution in [0.2, 0.25) is 18.1 Å². The molecule has 1 saturated heterocycles. The van der Waals surface area contributed by atoms with Crippen LogP contribution in [-0.4, -0.2) is 61.6 Å². The number of hydrogen-bond acceptors (Lipinski definition) is 5. The van der Waals surface area contributed by atoms with E-state index in [1.54, 1.807) is 6.08 Å². The van der Waals surface area contributed by atoms with E-state index in [-0.39, 0.29) is 42.1 Å². The molecule has 2 aliphatic rings. The van der Waals surface area contributed by atoms with Crippen molar-refractivity contribution in [2.24, 2.45) is 11.8 Å². The molecule has 0 bridgehead atoms. The van der Waals surface area contributed by atoms with Crippen molar-refractivity contribution in [2.45, 2.75) is 186 Å². The summed E-state index contributed by atoms with van der Waals surface area (Å²) < 4.78 is 50.5. The number of aliphatic hydroxyl groups excluding tert-OH is 1. The lowest BCUT2D eigenvalue weighted by molar-refractivity contribution is -0.193. The van der Waals surface area contributed by atoms with E-state index < -0.39 is 32.4 Å². The monoisotopic (exact) mass is 646 g/mol. The minimum atomic E-state index is -2.99. The first-order valence-electron chi connectivity index (χ1n) is 17.6. The quantitative estimate of drug-likeness (QED) is 0.0734. The molecule has 258 valence electrons. The highest BCUT2D eigenvalue weighted by molar-refractivity contribution is 6.74. The fraction of sp³-hybridized carbons (Fsp3) is 0.914. The van der Waals surface area contributed by atoms with E-state index in [1.165, 1.54) is 0 Å². The van der Waals surface area contributed by atoms with Crippen molar-refractivity contribution in [2.75, 3.05) is 6.61 Å². The van der Waals surface area contributed by atoms with Gasteiger partial charge in [0.15, 0.2) is 14.6 Å². The summed E-state index contributed by atoms with van der Waals surface area (Å²) in [5.74, 6) is -4.03. The van der Waals surface area contributed by atoms with Crippen molar-refractivity contribution in [1.82, 2.24) is 0 Å². The average molecular weight is 647 g/mol. The summed E-state index contributed by atoms with van der Waals surface area (Å²) in [6.45, 7) is 13.0. The van der Waals surface area contributed by atoms with Crippen LogP contribution < -0.4 is 0 Å². The summed E-state index contributed by atoms with van der Waals surface area (Å²) in [6, 6.07) is 0. The number of unbranched alkanes of at least 4 members (excludes halogenated alkanes) is 8. The fourth-order valence-electron chi connectivity index (χ4n) is 6.20. The lowest BCUT2D eigenvalue weighted by atomic mass is 9.87. The summed E-state index contributed by atoms with van der Waals surface area (Å²) in [4.78, 5) is 10.7. The molecule has 1 saturated carbocycles. The number of carboxylic acid groups (broad SMARTS) is 1. The van der Waals surface area contributed by atoms with Crippen molar-refractivity contribution in [3.63, 3.8) is 0 Å². The molecule has 2 fully saturated rings. The summed E-state index contributed by atoms with van der Waals surface area (Å²) in [6.07, 6.45) is 13.9. The molecule has 0 aromatic heterocycles. The number of alkyl halides is 2. The smallest absolute Gasteiger partial charge is 0.303 e. The van der Waals surface area contributed by atoms with Gasteiger partial charge < -0.3 is 24.1 Å². The van der Waals surface area contributed by atoms with Crippen molar-refractivity contribution < 1.29 is 37.7 Å². The molecule has 44 heavy (non-hydrogen) atoms. The Morgan fingerprint density at radius 2 is 1.68 bits per heavy atom. The van der Waals surface area contributed by atoms with Crippen LogP contribution in [-0.2, 0) is 18.7 Å². The van der Waals surface area contributed by atoms with Crippen LogP contribution in [0, 0.1) is 11.8 Å². The zero-order valence-corrected chi connectivity index (χ0v) is 29.6. The van der Waals surface area contributed by atoms with Gasteiger partial charge in [-0.25, -0.2) is 8.78 Å². The van der Waals surface area contributed by atoms with Gasteiger partial charge in [-0.15, -0.1) is 0 Å². The minimum absolute atomic E-state index is 0.0847. The summed E-state index contributed by atoms with van der Waals surface area (Å²) in [5.41, 5.74) is 0. The van der Waals surface area contributed by atoms with Crippen LogP contribution in [0.3, 0.4) is 0 Å². The molecule has 6 nitrogen and oxygen atoms in total. The molecule has 0 aromatic carbocycles. The largest absolute Gasteiger partial charge is 0.481 e. The first kappa shape index (κ1) is 39.3. The molecule has 1 heterocycles. The van der Waals surface area contributed by atoms with Gasteiger partial charge in [-0.1, -0.05) is 91.2 Å². The molecule has 1 aliphatic carbocycles. The maximum absolute atomic E-state index is 15.9. The molecule has 0 radical (unpaired) electrons. The highest BCUT2D eigenvalue weighted by Crippen LogP contribution is 2.43. The second-order valence-electron chi connectivity index (χ2n) is 14.8. The number of carbonyl (C=O) groups is 1. The second kappa shape index (κ2) is 19.1. The standard InChI is InChI=1S/C35H64F2O6Si/c1-7-8-9-17-24-35(36,37)31(43-44(5,6)34(2,3)4)23-22-28-27(19-14-12-10-11-13-15-20-32(39)40)29(38)26-30(28)42-33-21-16-18-25-41-33/h22-23,27-31,33,38H,7-21,24-26H2,1-6H3,(H,39,40)/t27?,28-,29-,30-,31?,33?/m1/s1. The van der Waals surface area contributed by atoms with E-state index in [0.717, 1.165) is 77.0 Å². The third kappa shape index (κ3) is 13.5. The number of hydrogen-bond donors (Lipinski definition) is 2. The Bertz CT molecular complexity index is 840. The highest BCUT2D eigenvalue weighted by Gasteiger charge is 2.47. The number of ether oxygens (including phenoxy) is 2. The van der Waals surface area contributed by atoms with Crippen LogP contribution in [0.4, 0.5) is 8.78 Å². The Balaban J connectivity index is 2.20. The van der Waals surface area contributed by atoms with Crippen LogP contribution >= 0.6 is 0 Å². The lowest BCUT2D eigenvalue weighted by Crippen LogP contribution is -2.48. The summed E-state index contributed by atoms with van der Waals surface area (Å²) in [5, 5.41) is 19.8. The number of halogens is 2. The second-order valence-corrected chi connectivity index (χ2v) is 19.6. The van der Waals surface area contributed by atoms with Gasteiger partial charge in [0.05, 0.1) is 12.2 Å². The zero-order valence-electron chi connectivity index (χ0n) is 28.6. The summed E-state index contributed by atoms with van der Waals surface area (Å²) in [7, 11) is -2.50. The molecule has 9 heteroatoms. The summed E-state index contributed by atoms with van der Waals surface area (Å²) >= 11 is 0. The highest BCUT2D eigenvalue weighted by atomic mass is 28.4. The first-order valence-corrected chi connectivity index (χ1v) is 20.5. The molecule has 0 amide bonds. The zero-order chi connectivity index (χ0) is 32.8. The maximum Gasteiger partial charge on any atom is 0.303 e. The van der Waals surface area contributed by atoms with Crippen molar-refractivity contribution in [3.05, 3.63) is 12.2 Å². The minimum Gasteiger partial charge on any atom is -0.481 e. The third-order valence-corrected chi connectivity index (χ3v) is 14.5. The van der Waals surface area contributed by atoms with Gasteiger partial charge in [-0.2, -0.15) is 0 Å². The van der Waals surface area contributed by atoms with Gasteiger partial charge in [-0.05, 0) is 62.6 Å². The number of aliphatic carboxylic acids is 1. The van der Waals surface area contributed by atoms with Gasteiger partial charge >= 0.3 is 5.97 Å². The van der Waals surface area contributed by atoms with Crippen LogP contribution in [0.5, 0.6) is 0 Å². The molecule has 6 atom stereocenters. The van der Waals surface area contributed by atoms with E-state index >= 15 is 8.78 Å². The van der Waals surface area contributed by atoms with Crippen molar-refractivity contribution in [3.8, 4) is 0 Å². The van der Waals surface area contributed by atoms with Gasteiger partial charge in [0.25, 0.3) is 5.92 Å². The lowest BCUT2D eigenvalue weighted by Gasteiger charge is -2.40. The maximum atomic E-state index is 15.9. The predicted molar refractivity (Wildman–Crippen MR) is 176 cm³/mol. The Hall–Kier alpha value is -0.873. The molecule has 3 unspecified atom stereocenters. The van der Waals surface area contributed by atoms with E-state index in [2.05, 4.69) is 27.7 Å². The SMILES string of the molecule is CCCCCCC(F)(F)C(C=C[C@@H]1C(CCCCCCCCC(=O)O)[C@H](O)C[C@H]1OC1CCCCO1)O[Si](C)(C)C(C)(C)C. The Labute approximate surface area is 267 Å². The topological polar surface area (TPSA) is 85.2 Å². The van der Waals surface area contributed by atoms with E-state index in [9.17, 15) is 9.90 Å². The van der Waals surface area contributed by atoms with Crippen LogP contribution in [0.1, 0.15) is 137 Å². The van der Waals surface area contributed by atoms with E-state index in [0.29, 0.717) is 25.9 Å². The molecule has 2 N–H and O–H groups in total. The molecular formula is C35H64F2O6Si. The van der Waals surface area contributed by atoms with Gasteiger partial charge in [-0.3, -0.25) is 4.79 Å². The van der Waals surface area contributed by atoms with Gasteiger partial charge in [0.2, 0.25) is 0 Å². The van der Waals surface area contributed by atoms with Crippen LogP contribution in [0.25, 0.3) is 0 Å². The first-order chi connectivity index (χ1) is 20.7. The molecule has 0 spiro atoms. The molecular weight excluding hydrogens is 582 g/mol. The fourth-order valence-corrected chi connectivity index (χ4v) is 7.44. The van der Waals surface area contributed by atoms with Crippen molar-refractivity contribution >= 4 is 14.3 Å². The number of rotatable bonds is 21. The third-order valence-electron chi connectivity index (χ3n) is 10.1. The normalized spacial score (nSPS) is 26.0. The van der Waals surface area contributed by atoms with Gasteiger partial charge in [0.1, 0.15) is 6.10 Å². The number of carboxylic acids is 1. The number of aliphatic hydroxyl groups is 1. The van der Waals surface area contributed by atoms with Crippen LogP contribution in [0.15, 0.2) is 12.2 Å². The van der Waals surface area contributed by atoms with E-state index in [1.807, 2.05) is 19.2 Å². The van der Waals surface area contributed by atoms with Gasteiger partial charge in [0, 0.05) is 31.8 Å². The Morgan fingerprint density at radius 3 is 2.30 bits per heavy atom. The van der Waals surface area contributed by atoms with E-state index in [4.69, 9.17) is 19.0 Å². The molecule has 1 aliphatic heterocycles. The Kier molecular flexibility index (Phi) is 17.0. The van der Waals surface area contributed by atoms with Crippen molar-refractivity contribution in [1.29, 1.82) is 0 Å². The molecule has 0 aromatic rings.